The van der Waals surface area contributed by atoms with Gasteiger partial charge in [0, 0.05) is 22.1 Å². The van der Waals surface area contributed by atoms with E-state index >= 15 is 0 Å². The summed E-state index contributed by atoms with van der Waals surface area (Å²) < 4.78 is 6.16. The van der Waals surface area contributed by atoms with Gasteiger partial charge in [-0.05, 0) is 127 Å². The number of furan rings is 1. The molecular formula is C60H46O. The second-order valence-electron chi connectivity index (χ2n) is 17.2. The lowest BCUT2D eigenvalue weighted by Crippen LogP contribution is -2.15. The summed E-state index contributed by atoms with van der Waals surface area (Å²) in [5.74, 6) is 0.300. The van der Waals surface area contributed by atoms with Gasteiger partial charge in [0.15, 0.2) is 0 Å². The molecule has 10 aromatic rings. The Balaban J connectivity index is 0.796. The minimum absolute atomic E-state index is 0.0834. The van der Waals surface area contributed by atoms with Crippen molar-refractivity contribution in [1.29, 1.82) is 0 Å². The third-order valence-corrected chi connectivity index (χ3v) is 13.2. The lowest BCUT2D eigenvalue weighted by molar-refractivity contribution is 0.661. The second kappa shape index (κ2) is 15.1. The Morgan fingerprint density at radius 2 is 0.820 bits per heavy atom. The van der Waals surface area contributed by atoms with Crippen LogP contribution in [-0.2, 0) is 11.8 Å². The molecule has 1 aliphatic rings. The van der Waals surface area contributed by atoms with Gasteiger partial charge in [-0.3, -0.25) is 0 Å². The zero-order valence-electron chi connectivity index (χ0n) is 34.6. The van der Waals surface area contributed by atoms with Crippen molar-refractivity contribution in [2.45, 2.75) is 38.0 Å². The van der Waals surface area contributed by atoms with Gasteiger partial charge in [-0.1, -0.05) is 196 Å². The quantitative estimate of drug-likeness (QED) is 0.142. The van der Waals surface area contributed by atoms with E-state index in [0.717, 1.165) is 40.3 Å². The van der Waals surface area contributed by atoms with E-state index in [1.165, 1.54) is 77.9 Å². The number of aryl methyl sites for hydroxylation is 1. The van der Waals surface area contributed by atoms with E-state index in [9.17, 15) is 0 Å². The number of hydrogen-bond donors (Lipinski definition) is 0. The van der Waals surface area contributed by atoms with Crippen LogP contribution >= 0.6 is 0 Å². The maximum Gasteiger partial charge on any atom is 0.136 e. The monoisotopic (exact) mass is 782 g/mol. The summed E-state index contributed by atoms with van der Waals surface area (Å²) in [5.41, 5.74) is 21.2. The van der Waals surface area contributed by atoms with Gasteiger partial charge in [0.1, 0.15) is 11.2 Å². The maximum atomic E-state index is 6.16. The minimum atomic E-state index is -0.0834. The lowest BCUT2D eigenvalue weighted by Gasteiger charge is -2.23. The molecule has 1 aliphatic carbocycles. The molecule has 1 nitrogen and oxygen atoms in total. The Labute approximate surface area is 358 Å². The zero-order chi connectivity index (χ0) is 40.9. The summed E-state index contributed by atoms with van der Waals surface area (Å²) in [7, 11) is 0. The van der Waals surface area contributed by atoms with Gasteiger partial charge in [0.25, 0.3) is 0 Å². The predicted molar refractivity (Wildman–Crippen MR) is 256 cm³/mol. The van der Waals surface area contributed by atoms with Gasteiger partial charge in [-0.25, -0.2) is 0 Å². The van der Waals surface area contributed by atoms with E-state index in [0.29, 0.717) is 5.92 Å². The van der Waals surface area contributed by atoms with Crippen molar-refractivity contribution in [2.24, 2.45) is 0 Å². The molecule has 9 aromatic carbocycles. The van der Waals surface area contributed by atoms with E-state index in [1.54, 1.807) is 0 Å². The molecule has 1 atom stereocenters. The van der Waals surface area contributed by atoms with Gasteiger partial charge < -0.3 is 4.42 Å². The highest BCUT2D eigenvalue weighted by molar-refractivity contribution is 6.05. The molecule has 0 saturated carbocycles. The smallest absolute Gasteiger partial charge is 0.136 e. The van der Waals surface area contributed by atoms with Crippen LogP contribution < -0.4 is 0 Å². The van der Waals surface area contributed by atoms with Gasteiger partial charge in [-0.15, -0.1) is 0 Å². The van der Waals surface area contributed by atoms with Crippen LogP contribution in [0.3, 0.4) is 0 Å². The van der Waals surface area contributed by atoms with Crippen LogP contribution in [0.5, 0.6) is 0 Å². The molecule has 1 aromatic heterocycles. The first-order valence-corrected chi connectivity index (χ1v) is 21.6. The van der Waals surface area contributed by atoms with Crippen LogP contribution in [0.4, 0.5) is 0 Å². The Morgan fingerprint density at radius 1 is 0.377 bits per heavy atom. The Kier molecular flexibility index (Phi) is 9.12. The standard InChI is InChI=1S/C60H46O/c1-60(2)56-37-48(41-11-5-3-6-12-41)30-34-52(56)53-35-31-49(38-57(53)60)44-26-28-47(29-27-44)51(46-13-7-4-8-14-46)33-19-40-17-20-42(21-18-40)43-22-24-45(25-23-43)50-32-36-55-54-15-9-10-16-58(54)61-59(55)39-50/h3-18,20-32,34-39,51H,19,33H2,1-2H3. The summed E-state index contributed by atoms with van der Waals surface area (Å²) >= 11 is 0. The first-order valence-electron chi connectivity index (χ1n) is 21.6. The molecular weight excluding hydrogens is 737 g/mol. The van der Waals surface area contributed by atoms with Crippen molar-refractivity contribution in [1.82, 2.24) is 0 Å². The summed E-state index contributed by atoms with van der Waals surface area (Å²) in [5, 5.41) is 2.32. The molecule has 0 aliphatic heterocycles. The van der Waals surface area contributed by atoms with Crippen molar-refractivity contribution in [3.8, 4) is 55.6 Å². The van der Waals surface area contributed by atoms with Crippen LogP contribution in [0.1, 0.15) is 54.0 Å². The molecule has 0 amide bonds. The van der Waals surface area contributed by atoms with Gasteiger partial charge in [0.2, 0.25) is 0 Å². The first kappa shape index (κ1) is 36.8. The molecule has 61 heavy (non-hydrogen) atoms. The molecule has 0 radical (unpaired) electrons. The van der Waals surface area contributed by atoms with Crippen molar-refractivity contribution < 1.29 is 4.42 Å². The molecule has 0 spiro atoms. The lowest BCUT2D eigenvalue weighted by atomic mass is 9.80. The fourth-order valence-corrected chi connectivity index (χ4v) is 9.78. The average molecular weight is 783 g/mol. The number of fused-ring (bicyclic) bond motifs is 6. The largest absolute Gasteiger partial charge is 0.456 e. The van der Waals surface area contributed by atoms with E-state index in [4.69, 9.17) is 4.42 Å². The molecule has 0 bridgehead atoms. The van der Waals surface area contributed by atoms with Gasteiger partial charge in [0.05, 0.1) is 0 Å². The SMILES string of the molecule is CC1(C)c2cc(-c3ccccc3)ccc2-c2ccc(-c3ccc(C(CCc4ccc(-c5ccc(-c6ccc7c(c6)oc6ccccc67)cc5)cc4)c4ccccc4)cc3)cc21. The Hall–Kier alpha value is -7.22. The Bertz CT molecular complexity index is 3170. The van der Waals surface area contributed by atoms with Crippen LogP contribution in [0.2, 0.25) is 0 Å². The van der Waals surface area contributed by atoms with Crippen molar-refractivity contribution >= 4 is 21.9 Å². The molecule has 1 heterocycles. The third kappa shape index (κ3) is 6.77. The first-order chi connectivity index (χ1) is 30.0. The molecule has 292 valence electrons. The van der Waals surface area contributed by atoms with Crippen LogP contribution in [0, 0.1) is 0 Å². The van der Waals surface area contributed by atoms with E-state index in [2.05, 4.69) is 214 Å². The molecule has 11 rings (SSSR count). The minimum Gasteiger partial charge on any atom is -0.456 e. The topological polar surface area (TPSA) is 13.1 Å². The molecule has 0 N–H and O–H groups in total. The summed E-state index contributed by atoms with van der Waals surface area (Å²) in [6, 6.07) is 78.0. The predicted octanol–water partition coefficient (Wildman–Crippen LogP) is 16.3. The van der Waals surface area contributed by atoms with Gasteiger partial charge in [-0.2, -0.15) is 0 Å². The van der Waals surface area contributed by atoms with Crippen molar-refractivity contribution in [2.75, 3.05) is 0 Å². The molecule has 0 fully saturated rings. The molecule has 0 saturated heterocycles. The summed E-state index contributed by atoms with van der Waals surface area (Å²) in [6.45, 7) is 4.75. The number of para-hydroxylation sites is 1. The highest BCUT2D eigenvalue weighted by Gasteiger charge is 2.36. The summed E-state index contributed by atoms with van der Waals surface area (Å²) in [6.07, 6.45) is 2.03. The normalized spacial score (nSPS) is 13.3. The van der Waals surface area contributed by atoms with Crippen LogP contribution in [0.25, 0.3) is 77.6 Å². The fourth-order valence-electron chi connectivity index (χ4n) is 9.78. The van der Waals surface area contributed by atoms with Crippen molar-refractivity contribution in [3.05, 3.63) is 240 Å². The average Bonchev–Trinajstić information content (AvgIpc) is 3.80. The molecule has 1 heteroatoms. The van der Waals surface area contributed by atoms with Crippen LogP contribution in [0.15, 0.2) is 217 Å². The number of benzene rings is 9. The fraction of sp³-hybridized carbons (Fsp3) is 0.100. The Morgan fingerprint density at radius 3 is 1.46 bits per heavy atom. The van der Waals surface area contributed by atoms with E-state index in [-0.39, 0.29) is 5.41 Å². The van der Waals surface area contributed by atoms with E-state index in [1.807, 2.05) is 12.1 Å². The van der Waals surface area contributed by atoms with Crippen LogP contribution in [-0.4, -0.2) is 0 Å². The third-order valence-electron chi connectivity index (χ3n) is 13.2. The summed E-state index contributed by atoms with van der Waals surface area (Å²) in [4.78, 5) is 0. The van der Waals surface area contributed by atoms with E-state index < -0.39 is 0 Å². The number of rotatable bonds is 9. The number of hydrogen-bond acceptors (Lipinski definition) is 1. The highest BCUT2D eigenvalue weighted by atomic mass is 16.3. The van der Waals surface area contributed by atoms with Crippen molar-refractivity contribution in [3.63, 3.8) is 0 Å². The second-order valence-corrected chi connectivity index (χ2v) is 17.2. The highest BCUT2D eigenvalue weighted by Crippen LogP contribution is 2.50. The maximum absolute atomic E-state index is 6.16. The zero-order valence-corrected chi connectivity index (χ0v) is 34.6. The van der Waals surface area contributed by atoms with Gasteiger partial charge >= 0.3 is 0 Å². The molecule has 1 unspecified atom stereocenters.